The zero-order valence-electron chi connectivity index (χ0n) is 23.9. The molecule has 3 fully saturated rings. The number of benzene rings is 1. The van der Waals surface area contributed by atoms with Crippen molar-refractivity contribution in [2.45, 2.75) is 70.1 Å². The zero-order valence-corrected chi connectivity index (χ0v) is 28.6. The summed E-state index contributed by atoms with van der Waals surface area (Å²) in [4.78, 5) is 53.8. The Morgan fingerprint density at radius 1 is 1.23 bits per heavy atom. The summed E-state index contributed by atoms with van der Waals surface area (Å²) in [6, 6.07) is 4.93. The highest BCUT2D eigenvalue weighted by Gasteiger charge is 2.66. The number of nitrogens with zero attached hydrogens (tertiary/aromatic N) is 3. The van der Waals surface area contributed by atoms with Gasteiger partial charge in [0.2, 0.25) is 15.6 Å². The van der Waals surface area contributed by atoms with Crippen LogP contribution in [0.25, 0.3) is 0 Å². The molecule has 0 radical (unpaired) electrons. The van der Waals surface area contributed by atoms with E-state index in [0.717, 1.165) is 22.2 Å². The van der Waals surface area contributed by atoms with Gasteiger partial charge in [-0.2, -0.15) is 0 Å². The minimum Gasteiger partial charge on any atom is -0.460 e. The maximum absolute atomic E-state index is 13.3. The number of β-lactam (4-membered cyclic amide) rings is 1. The Labute approximate surface area is 281 Å². The van der Waals surface area contributed by atoms with Crippen molar-refractivity contribution >= 4 is 99.1 Å². The summed E-state index contributed by atoms with van der Waals surface area (Å²) in [6.45, 7) is 4.90. The highest BCUT2D eigenvalue weighted by atomic mass is 35.6. The molecule has 11 nitrogen and oxygen atoms in total. The molecular weight excluding hydrogens is 693 g/mol. The highest BCUT2D eigenvalue weighted by Crippen LogP contribution is 2.53. The molecule has 2 aromatic rings. The number of rotatable bonds is 12. The fourth-order valence-corrected chi connectivity index (χ4v) is 9.03. The molecule has 1 saturated carbocycles. The fraction of sp³-hybridized carbons (Fsp3) is 0.556. The van der Waals surface area contributed by atoms with E-state index in [2.05, 4.69) is 20.8 Å². The molecule has 3 aliphatic rings. The number of aromatic nitrogens is 2. The van der Waals surface area contributed by atoms with Crippen molar-refractivity contribution < 1.29 is 28.7 Å². The van der Waals surface area contributed by atoms with Crippen molar-refractivity contribution in [2.75, 3.05) is 24.2 Å². The monoisotopic (exact) mass is 721 g/mol. The number of carbonyl (C=O) groups excluding carboxylic acids is 4. The lowest BCUT2D eigenvalue weighted by atomic mass is 9.95. The number of amides is 2. The second-order valence-electron chi connectivity index (χ2n) is 11.0. The van der Waals surface area contributed by atoms with Crippen LogP contribution in [0, 0.1) is 12.8 Å². The third-order valence-corrected chi connectivity index (χ3v) is 11.9. The third-order valence-electron chi connectivity index (χ3n) is 7.40. The van der Waals surface area contributed by atoms with Gasteiger partial charge in [-0.1, -0.05) is 70.0 Å². The Morgan fingerprint density at radius 2 is 1.95 bits per heavy atom. The Balaban J connectivity index is 1.23. The molecule has 4 unspecified atom stereocenters. The predicted octanol–water partition coefficient (Wildman–Crippen LogP) is 4.45. The molecule has 3 heterocycles. The van der Waals surface area contributed by atoms with E-state index in [-0.39, 0.29) is 12.6 Å². The van der Waals surface area contributed by atoms with Gasteiger partial charge < -0.3 is 25.0 Å². The van der Waals surface area contributed by atoms with Crippen LogP contribution in [-0.4, -0.2) is 89.9 Å². The first-order valence-corrected chi connectivity index (χ1v) is 17.6. The van der Waals surface area contributed by atoms with Crippen LogP contribution in [0.5, 0.6) is 0 Å². The molecule has 1 aromatic carbocycles. The van der Waals surface area contributed by atoms with Gasteiger partial charge in [0.1, 0.15) is 35.2 Å². The van der Waals surface area contributed by atoms with Gasteiger partial charge >= 0.3 is 11.9 Å². The highest BCUT2D eigenvalue weighted by molar-refractivity contribution is 8.05. The molecule has 5 rings (SSSR count). The summed E-state index contributed by atoms with van der Waals surface area (Å²) < 4.78 is 8.99. The summed E-state index contributed by atoms with van der Waals surface area (Å²) in [5.74, 6) is -1.26. The van der Waals surface area contributed by atoms with Crippen molar-refractivity contribution in [3.8, 4) is 0 Å². The average Bonchev–Trinajstić information content (AvgIpc) is 3.69. The molecular formula is C27H30Cl3N5O6S3. The second kappa shape index (κ2) is 13.4. The molecule has 0 bridgehead atoms. The standard InChI is InChI=1S/C27H30Cl3N5O6S3/c1-13(15-8-9-15)41-23(38)16-6-4-5-7-17(16)31-10-18(36)32-19-21(37)35-20(24(39)40-11-27(28,29)30)26(3,44-22(19)35)12-42-25-34-33-14(2)43-25/h4-7,13,15,19-20,22,31H,8-12H2,1-3H3,(H,32,36)/t13?,19?,20?,22-,26?/m1/s1. The lowest BCUT2D eigenvalue weighted by molar-refractivity contribution is -0.164. The third kappa shape index (κ3) is 7.69. The van der Waals surface area contributed by atoms with Gasteiger partial charge in [-0.05, 0) is 51.7 Å². The number of hydrogen-bond donors (Lipinski definition) is 2. The molecule has 238 valence electrons. The van der Waals surface area contributed by atoms with Crippen LogP contribution >= 0.6 is 69.7 Å². The van der Waals surface area contributed by atoms with Crippen molar-refractivity contribution in [3.63, 3.8) is 0 Å². The number of anilines is 1. The summed E-state index contributed by atoms with van der Waals surface area (Å²) in [7, 11) is 0. The van der Waals surface area contributed by atoms with Crippen LogP contribution in [0.3, 0.4) is 0 Å². The number of esters is 2. The normalized spacial score (nSPS) is 25.1. The Kier molecular flexibility index (Phi) is 10.2. The van der Waals surface area contributed by atoms with Gasteiger partial charge in [0, 0.05) is 11.4 Å². The predicted molar refractivity (Wildman–Crippen MR) is 172 cm³/mol. The van der Waals surface area contributed by atoms with Crippen LogP contribution in [0.1, 0.15) is 42.1 Å². The van der Waals surface area contributed by atoms with Crippen molar-refractivity contribution in [3.05, 3.63) is 34.8 Å². The van der Waals surface area contributed by atoms with E-state index in [9.17, 15) is 19.2 Å². The van der Waals surface area contributed by atoms with Crippen LogP contribution < -0.4 is 10.6 Å². The number of fused-ring (bicyclic) bond motifs is 1. The SMILES string of the molecule is Cc1nnc(SCC2(C)S[C@@H]3C(NC(=O)CNc4ccccc4C(=O)OC(C)C4CC4)C(=O)N3C2C(=O)OCC(Cl)(Cl)Cl)s1. The number of hydrogen-bond acceptors (Lipinski definition) is 12. The molecule has 2 saturated heterocycles. The Hall–Kier alpha value is -1.97. The molecule has 17 heteroatoms. The number of thioether (sulfide) groups is 2. The largest absolute Gasteiger partial charge is 0.460 e. The van der Waals surface area contributed by atoms with Crippen LogP contribution in [-0.2, 0) is 23.9 Å². The van der Waals surface area contributed by atoms with Crippen LogP contribution in [0.2, 0.25) is 0 Å². The maximum Gasteiger partial charge on any atom is 0.340 e. The Bertz CT molecular complexity index is 1440. The maximum atomic E-state index is 13.3. The molecule has 2 amide bonds. The first kappa shape index (κ1) is 33.4. The van der Waals surface area contributed by atoms with Gasteiger partial charge in [0.05, 0.1) is 16.9 Å². The van der Waals surface area contributed by atoms with E-state index in [1.54, 1.807) is 24.3 Å². The second-order valence-corrected chi connectivity index (χ2v) is 17.5. The fourth-order valence-electron chi connectivity index (χ4n) is 5.01. The minimum absolute atomic E-state index is 0.176. The lowest BCUT2D eigenvalue weighted by Crippen LogP contribution is -2.71. The first-order valence-electron chi connectivity index (χ1n) is 13.8. The average molecular weight is 723 g/mol. The number of ether oxygens (including phenoxy) is 2. The van der Waals surface area contributed by atoms with E-state index in [0.29, 0.717) is 22.9 Å². The van der Waals surface area contributed by atoms with Crippen molar-refractivity contribution in [1.29, 1.82) is 0 Å². The summed E-state index contributed by atoms with van der Waals surface area (Å²) in [5.41, 5.74) is 0.765. The van der Waals surface area contributed by atoms with E-state index >= 15 is 0 Å². The van der Waals surface area contributed by atoms with Gasteiger partial charge in [0.25, 0.3) is 0 Å². The number of alkyl halides is 3. The zero-order chi connectivity index (χ0) is 31.8. The summed E-state index contributed by atoms with van der Waals surface area (Å²) in [5, 5.41) is 14.2. The van der Waals surface area contributed by atoms with Crippen molar-refractivity contribution in [1.82, 2.24) is 20.4 Å². The minimum atomic E-state index is -1.82. The topological polar surface area (TPSA) is 140 Å². The smallest absolute Gasteiger partial charge is 0.340 e. The number of halogens is 3. The van der Waals surface area contributed by atoms with Crippen LogP contribution in [0.4, 0.5) is 5.69 Å². The molecule has 5 atom stereocenters. The first-order chi connectivity index (χ1) is 20.8. The number of para-hydroxylation sites is 1. The Morgan fingerprint density at radius 3 is 2.61 bits per heavy atom. The number of carbonyl (C=O) groups is 4. The summed E-state index contributed by atoms with van der Waals surface area (Å²) in [6.07, 6.45) is 1.91. The van der Waals surface area contributed by atoms with E-state index < -0.39 is 56.4 Å². The van der Waals surface area contributed by atoms with Crippen molar-refractivity contribution in [2.24, 2.45) is 5.92 Å². The van der Waals surface area contributed by atoms with Crippen LogP contribution in [0.15, 0.2) is 28.6 Å². The number of aryl methyl sites for hydroxylation is 1. The van der Waals surface area contributed by atoms with Gasteiger partial charge in [-0.15, -0.1) is 22.0 Å². The molecule has 2 N–H and O–H groups in total. The van der Waals surface area contributed by atoms with E-state index in [1.807, 2.05) is 20.8 Å². The van der Waals surface area contributed by atoms with Gasteiger partial charge in [-0.3, -0.25) is 9.59 Å². The molecule has 1 aliphatic carbocycles. The van der Waals surface area contributed by atoms with E-state index in [1.165, 1.54) is 39.8 Å². The number of nitrogens with one attached hydrogen (secondary N) is 2. The quantitative estimate of drug-likeness (QED) is 0.139. The molecule has 0 spiro atoms. The molecule has 44 heavy (non-hydrogen) atoms. The van der Waals surface area contributed by atoms with Gasteiger partial charge in [0.15, 0.2) is 4.34 Å². The summed E-state index contributed by atoms with van der Waals surface area (Å²) >= 11 is 21.6. The van der Waals surface area contributed by atoms with E-state index in [4.69, 9.17) is 44.3 Å². The molecule has 1 aromatic heterocycles. The van der Waals surface area contributed by atoms with Gasteiger partial charge in [-0.25, -0.2) is 9.59 Å². The molecule has 2 aliphatic heterocycles. The lowest BCUT2D eigenvalue weighted by Gasteiger charge is -2.44.